The Balaban J connectivity index is 2.04. The molecule has 5 heteroatoms. The Bertz CT molecular complexity index is 1060. The Hall–Kier alpha value is -3.34. The largest absolute Gasteiger partial charge is 0.360 e. The average molecular weight is 332 g/mol. The second kappa shape index (κ2) is 6.42. The van der Waals surface area contributed by atoms with E-state index in [4.69, 9.17) is 16.9 Å². The third-order valence-electron chi connectivity index (χ3n) is 3.58. The first kappa shape index (κ1) is 15.6. The number of halogens is 1. The first-order valence-electron chi connectivity index (χ1n) is 7.05. The normalized spacial score (nSPS) is 11.0. The van der Waals surface area contributed by atoms with E-state index in [2.05, 4.69) is 4.98 Å². The summed E-state index contributed by atoms with van der Waals surface area (Å²) >= 11 is 5.94. The molecule has 0 atom stereocenters. The SMILES string of the molecule is N#C/C(=C\c1cccc(C#N)c1)C(=O)c1c[nH]c2cc(Cl)ccc12. The quantitative estimate of drug-likeness (QED) is 0.436. The van der Waals surface area contributed by atoms with Crippen molar-refractivity contribution in [3.63, 3.8) is 0 Å². The lowest BCUT2D eigenvalue weighted by molar-refractivity contribution is 0.104. The molecule has 0 amide bonds. The van der Waals surface area contributed by atoms with Gasteiger partial charge in [-0.3, -0.25) is 4.79 Å². The van der Waals surface area contributed by atoms with Gasteiger partial charge in [-0.1, -0.05) is 29.8 Å². The van der Waals surface area contributed by atoms with Crippen molar-refractivity contribution in [3.05, 3.63) is 75.9 Å². The number of nitrogens with one attached hydrogen (secondary N) is 1. The number of carbonyl (C=O) groups is 1. The number of benzene rings is 2. The number of nitrogens with zero attached hydrogens (tertiary/aromatic N) is 2. The zero-order valence-corrected chi connectivity index (χ0v) is 13.1. The van der Waals surface area contributed by atoms with E-state index in [1.807, 2.05) is 12.1 Å². The molecule has 4 nitrogen and oxygen atoms in total. The van der Waals surface area contributed by atoms with Crippen LogP contribution in [-0.4, -0.2) is 10.8 Å². The molecule has 0 saturated carbocycles. The smallest absolute Gasteiger partial charge is 0.205 e. The maximum Gasteiger partial charge on any atom is 0.205 e. The Morgan fingerprint density at radius 1 is 1.17 bits per heavy atom. The van der Waals surface area contributed by atoms with E-state index < -0.39 is 0 Å². The summed E-state index contributed by atoms with van der Waals surface area (Å²) in [5, 5.41) is 19.6. The number of carbonyl (C=O) groups excluding carboxylic acids is 1. The molecule has 3 rings (SSSR count). The number of rotatable bonds is 3. The summed E-state index contributed by atoms with van der Waals surface area (Å²) < 4.78 is 0. The van der Waals surface area contributed by atoms with Crippen LogP contribution in [0.4, 0.5) is 0 Å². The molecule has 0 aliphatic heterocycles. The predicted molar refractivity (Wildman–Crippen MR) is 92.4 cm³/mol. The second-order valence-electron chi connectivity index (χ2n) is 5.13. The minimum absolute atomic E-state index is 0.000870. The van der Waals surface area contributed by atoms with Crippen molar-refractivity contribution < 1.29 is 4.79 Å². The molecule has 0 fully saturated rings. The minimum atomic E-state index is -0.381. The van der Waals surface area contributed by atoms with Gasteiger partial charge in [-0.05, 0) is 35.9 Å². The molecule has 0 saturated heterocycles. The fourth-order valence-corrected chi connectivity index (χ4v) is 2.62. The number of H-pyrrole nitrogens is 1. The number of fused-ring (bicyclic) bond motifs is 1. The molecule has 0 bridgehead atoms. The van der Waals surface area contributed by atoms with Crippen LogP contribution in [0.2, 0.25) is 5.02 Å². The Morgan fingerprint density at radius 2 is 2.00 bits per heavy atom. The highest BCUT2D eigenvalue weighted by atomic mass is 35.5. The first-order chi connectivity index (χ1) is 11.6. The summed E-state index contributed by atoms with van der Waals surface area (Å²) in [6, 6.07) is 15.9. The highest BCUT2D eigenvalue weighted by Gasteiger charge is 2.16. The van der Waals surface area contributed by atoms with E-state index >= 15 is 0 Å². The fraction of sp³-hybridized carbons (Fsp3) is 0. The van der Waals surface area contributed by atoms with Gasteiger partial charge in [-0.15, -0.1) is 0 Å². The molecule has 0 unspecified atom stereocenters. The van der Waals surface area contributed by atoms with Crippen molar-refractivity contribution in [1.29, 1.82) is 10.5 Å². The molecule has 2 aromatic carbocycles. The van der Waals surface area contributed by atoms with Gasteiger partial charge in [0.15, 0.2) is 0 Å². The summed E-state index contributed by atoms with van der Waals surface area (Å²) in [4.78, 5) is 15.7. The Kier molecular flexibility index (Phi) is 4.16. The minimum Gasteiger partial charge on any atom is -0.360 e. The van der Waals surface area contributed by atoms with Gasteiger partial charge in [0.25, 0.3) is 0 Å². The lowest BCUT2D eigenvalue weighted by Gasteiger charge is -2.00. The first-order valence-corrected chi connectivity index (χ1v) is 7.43. The standard InChI is InChI=1S/C19H10ClN3O/c20-15-4-5-16-17(11-23-18(16)8-15)19(24)14(10-22)7-12-2-1-3-13(6-12)9-21/h1-8,11,23H/b14-7+. The number of allylic oxidation sites excluding steroid dienone is 1. The predicted octanol–water partition coefficient (Wildman–Crippen LogP) is 4.48. The molecule has 0 radical (unpaired) electrons. The summed E-state index contributed by atoms with van der Waals surface area (Å²) in [5.74, 6) is -0.381. The summed E-state index contributed by atoms with van der Waals surface area (Å²) in [5.41, 5.74) is 2.23. The van der Waals surface area contributed by atoms with Crippen molar-refractivity contribution in [3.8, 4) is 12.1 Å². The van der Waals surface area contributed by atoms with E-state index in [9.17, 15) is 10.1 Å². The molecular formula is C19H10ClN3O. The molecule has 1 N–H and O–H groups in total. The van der Waals surface area contributed by atoms with E-state index in [1.165, 1.54) is 6.08 Å². The van der Waals surface area contributed by atoms with Crippen LogP contribution in [0.1, 0.15) is 21.5 Å². The van der Waals surface area contributed by atoms with Gasteiger partial charge in [0.2, 0.25) is 5.78 Å². The van der Waals surface area contributed by atoms with Crippen LogP contribution in [0.5, 0.6) is 0 Å². The van der Waals surface area contributed by atoms with Crippen LogP contribution in [0.3, 0.4) is 0 Å². The number of nitriles is 2. The maximum atomic E-state index is 12.7. The molecule has 0 aliphatic carbocycles. The van der Waals surface area contributed by atoms with Crippen LogP contribution < -0.4 is 0 Å². The molecule has 3 aromatic rings. The number of aromatic nitrogens is 1. The van der Waals surface area contributed by atoms with Crippen molar-refractivity contribution in [2.75, 3.05) is 0 Å². The molecule has 0 spiro atoms. The van der Waals surface area contributed by atoms with Crippen LogP contribution in [-0.2, 0) is 0 Å². The van der Waals surface area contributed by atoms with E-state index in [0.717, 1.165) is 5.52 Å². The molecular weight excluding hydrogens is 322 g/mol. The van der Waals surface area contributed by atoms with Gasteiger partial charge >= 0.3 is 0 Å². The molecule has 24 heavy (non-hydrogen) atoms. The van der Waals surface area contributed by atoms with E-state index in [-0.39, 0.29) is 11.4 Å². The molecule has 1 aromatic heterocycles. The number of hydrogen-bond acceptors (Lipinski definition) is 3. The highest BCUT2D eigenvalue weighted by Crippen LogP contribution is 2.24. The van der Waals surface area contributed by atoms with Crippen molar-refractivity contribution >= 4 is 34.4 Å². The number of aromatic amines is 1. The molecule has 0 aliphatic rings. The zero-order valence-electron chi connectivity index (χ0n) is 12.4. The van der Waals surface area contributed by atoms with Crippen LogP contribution in [0, 0.1) is 22.7 Å². The Morgan fingerprint density at radius 3 is 2.75 bits per heavy atom. The summed E-state index contributed by atoms with van der Waals surface area (Å²) in [6.45, 7) is 0. The van der Waals surface area contributed by atoms with E-state index in [0.29, 0.717) is 27.1 Å². The lowest BCUT2D eigenvalue weighted by atomic mass is 10.0. The van der Waals surface area contributed by atoms with Gasteiger partial charge in [-0.25, -0.2) is 0 Å². The highest BCUT2D eigenvalue weighted by molar-refractivity contribution is 6.31. The van der Waals surface area contributed by atoms with Gasteiger partial charge in [0.05, 0.1) is 11.6 Å². The summed E-state index contributed by atoms with van der Waals surface area (Å²) in [7, 11) is 0. The van der Waals surface area contributed by atoms with Gasteiger partial charge in [0.1, 0.15) is 11.6 Å². The van der Waals surface area contributed by atoms with E-state index in [1.54, 1.807) is 48.7 Å². The van der Waals surface area contributed by atoms with Gasteiger partial charge in [0, 0.05) is 27.7 Å². The number of ketones is 1. The van der Waals surface area contributed by atoms with Crippen LogP contribution >= 0.6 is 11.6 Å². The summed E-state index contributed by atoms with van der Waals surface area (Å²) in [6.07, 6.45) is 3.05. The van der Waals surface area contributed by atoms with Crippen molar-refractivity contribution in [1.82, 2.24) is 4.98 Å². The van der Waals surface area contributed by atoms with Crippen LogP contribution in [0.15, 0.2) is 54.2 Å². The van der Waals surface area contributed by atoms with Crippen LogP contribution in [0.25, 0.3) is 17.0 Å². The number of Topliss-reactive ketones (excluding diaryl/α,β-unsaturated/α-hetero) is 1. The maximum absolute atomic E-state index is 12.7. The third-order valence-corrected chi connectivity index (χ3v) is 3.82. The lowest BCUT2D eigenvalue weighted by Crippen LogP contribution is -2.01. The van der Waals surface area contributed by atoms with Gasteiger partial charge in [-0.2, -0.15) is 10.5 Å². The monoisotopic (exact) mass is 331 g/mol. The Labute approximate surface area is 143 Å². The average Bonchev–Trinajstić information content (AvgIpc) is 3.02. The third kappa shape index (κ3) is 2.92. The molecule has 1 heterocycles. The topological polar surface area (TPSA) is 80.4 Å². The fourth-order valence-electron chi connectivity index (χ4n) is 2.44. The number of hydrogen-bond donors (Lipinski definition) is 1. The second-order valence-corrected chi connectivity index (χ2v) is 5.56. The zero-order chi connectivity index (χ0) is 17.1. The van der Waals surface area contributed by atoms with Crippen molar-refractivity contribution in [2.24, 2.45) is 0 Å². The van der Waals surface area contributed by atoms with Gasteiger partial charge < -0.3 is 4.98 Å². The van der Waals surface area contributed by atoms with Crippen molar-refractivity contribution in [2.45, 2.75) is 0 Å². The molecule has 114 valence electrons.